The highest BCUT2D eigenvalue weighted by atomic mass is 16.5. The molecule has 3 N–H and O–H groups in total. The largest absolute Gasteiger partial charge is 0.497 e. The van der Waals surface area contributed by atoms with Gasteiger partial charge in [-0.25, -0.2) is 4.79 Å². The lowest BCUT2D eigenvalue weighted by Gasteiger charge is -2.24. The normalized spacial score (nSPS) is 13.0. The van der Waals surface area contributed by atoms with Crippen molar-refractivity contribution >= 4 is 17.8 Å². The van der Waals surface area contributed by atoms with E-state index in [2.05, 4.69) is 10.6 Å². The maximum absolute atomic E-state index is 12.4. The van der Waals surface area contributed by atoms with E-state index in [1.165, 1.54) is 14.2 Å². The van der Waals surface area contributed by atoms with Gasteiger partial charge in [0.05, 0.1) is 13.7 Å². The zero-order valence-electron chi connectivity index (χ0n) is 14.7. The molecule has 0 aliphatic heterocycles. The second-order valence-corrected chi connectivity index (χ2v) is 5.78. The lowest BCUT2D eigenvalue weighted by molar-refractivity contribution is -0.143. The van der Waals surface area contributed by atoms with E-state index < -0.39 is 29.9 Å². The molecule has 2 amide bonds. The van der Waals surface area contributed by atoms with E-state index in [1.54, 1.807) is 38.1 Å². The Bertz CT molecular complexity index is 600. The SMILES string of the molecule is COCC(NC(=O)C(NC(=O)c1ccc(OC)cc1)C(C)C)C(=O)O. The van der Waals surface area contributed by atoms with Crippen LogP contribution in [0.3, 0.4) is 0 Å². The van der Waals surface area contributed by atoms with Crippen LogP contribution in [0.4, 0.5) is 0 Å². The minimum Gasteiger partial charge on any atom is -0.497 e. The van der Waals surface area contributed by atoms with Crippen LogP contribution in [-0.4, -0.2) is 55.8 Å². The number of carbonyl (C=O) groups excluding carboxylic acids is 2. The summed E-state index contributed by atoms with van der Waals surface area (Å²) in [4.78, 5) is 35.8. The first-order valence-corrected chi connectivity index (χ1v) is 7.77. The average Bonchev–Trinajstić information content (AvgIpc) is 2.58. The van der Waals surface area contributed by atoms with Gasteiger partial charge < -0.3 is 25.2 Å². The number of methoxy groups -OCH3 is 2. The Balaban J connectivity index is 2.82. The van der Waals surface area contributed by atoms with Gasteiger partial charge in [0.1, 0.15) is 11.8 Å². The fourth-order valence-electron chi connectivity index (χ4n) is 2.10. The number of benzene rings is 1. The summed E-state index contributed by atoms with van der Waals surface area (Å²) < 4.78 is 9.82. The quantitative estimate of drug-likeness (QED) is 0.602. The average molecular weight is 352 g/mol. The van der Waals surface area contributed by atoms with Crippen LogP contribution in [0.2, 0.25) is 0 Å². The van der Waals surface area contributed by atoms with Crippen LogP contribution in [-0.2, 0) is 14.3 Å². The molecule has 0 aliphatic carbocycles. The number of ether oxygens (including phenoxy) is 2. The van der Waals surface area contributed by atoms with Gasteiger partial charge in [-0.3, -0.25) is 9.59 Å². The molecule has 1 aromatic carbocycles. The van der Waals surface area contributed by atoms with Gasteiger partial charge in [-0.2, -0.15) is 0 Å². The van der Waals surface area contributed by atoms with Crippen molar-refractivity contribution in [3.63, 3.8) is 0 Å². The molecule has 8 heteroatoms. The maximum atomic E-state index is 12.4. The fraction of sp³-hybridized carbons (Fsp3) is 0.471. The van der Waals surface area contributed by atoms with E-state index in [-0.39, 0.29) is 12.5 Å². The number of amides is 2. The highest BCUT2D eigenvalue weighted by Crippen LogP contribution is 2.12. The smallest absolute Gasteiger partial charge is 0.328 e. The molecule has 0 spiro atoms. The van der Waals surface area contributed by atoms with Crippen molar-refractivity contribution in [1.82, 2.24) is 10.6 Å². The molecule has 0 bridgehead atoms. The number of aliphatic carboxylic acids is 1. The van der Waals surface area contributed by atoms with E-state index in [0.717, 1.165) is 0 Å². The number of carboxylic acids is 1. The third-order valence-corrected chi connectivity index (χ3v) is 3.54. The summed E-state index contributed by atoms with van der Waals surface area (Å²) in [5.41, 5.74) is 0.367. The van der Waals surface area contributed by atoms with E-state index in [1.807, 2.05) is 0 Å². The van der Waals surface area contributed by atoms with Crippen LogP contribution < -0.4 is 15.4 Å². The zero-order valence-corrected chi connectivity index (χ0v) is 14.7. The Morgan fingerprint density at radius 1 is 1.08 bits per heavy atom. The van der Waals surface area contributed by atoms with Crippen molar-refractivity contribution in [3.05, 3.63) is 29.8 Å². The molecule has 0 fully saturated rings. The van der Waals surface area contributed by atoms with Crippen LogP contribution >= 0.6 is 0 Å². The summed E-state index contributed by atoms with van der Waals surface area (Å²) in [5.74, 6) is -1.85. The van der Waals surface area contributed by atoms with Crippen molar-refractivity contribution in [1.29, 1.82) is 0 Å². The summed E-state index contributed by atoms with van der Waals surface area (Å²) in [6, 6.07) is 4.37. The van der Waals surface area contributed by atoms with Crippen molar-refractivity contribution in [2.75, 3.05) is 20.8 Å². The van der Waals surface area contributed by atoms with Gasteiger partial charge in [-0.15, -0.1) is 0 Å². The molecule has 0 saturated heterocycles. The fourth-order valence-corrected chi connectivity index (χ4v) is 2.10. The monoisotopic (exact) mass is 352 g/mol. The van der Waals surface area contributed by atoms with E-state index in [9.17, 15) is 14.4 Å². The van der Waals surface area contributed by atoms with Crippen LogP contribution in [0.25, 0.3) is 0 Å². The van der Waals surface area contributed by atoms with Crippen LogP contribution in [0, 0.1) is 5.92 Å². The lowest BCUT2D eigenvalue weighted by Crippen LogP contribution is -2.54. The molecular weight excluding hydrogens is 328 g/mol. The minimum atomic E-state index is -1.21. The third kappa shape index (κ3) is 6.07. The molecule has 8 nitrogen and oxygen atoms in total. The summed E-state index contributed by atoms with van der Waals surface area (Å²) >= 11 is 0. The predicted molar refractivity (Wildman–Crippen MR) is 90.5 cm³/mol. The van der Waals surface area contributed by atoms with Gasteiger partial charge in [0, 0.05) is 12.7 Å². The van der Waals surface area contributed by atoms with Crippen molar-refractivity contribution in [3.8, 4) is 5.75 Å². The molecule has 1 aromatic rings. The third-order valence-electron chi connectivity index (χ3n) is 3.54. The van der Waals surface area contributed by atoms with Crippen molar-refractivity contribution in [2.24, 2.45) is 5.92 Å². The molecule has 25 heavy (non-hydrogen) atoms. The number of rotatable bonds is 9. The molecule has 0 radical (unpaired) electrons. The van der Waals surface area contributed by atoms with Crippen molar-refractivity contribution < 1.29 is 29.0 Å². The summed E-state index contributed by atoms with van der Waals surface area (Å²) in [5, 5.41) is 14.1. The molecule has 0 aromatic heterocycles. The summed E-state index contributed by atoms with van der Waals surface area (Å²) in [6.45, 7) is 3.34. The first-order valence-electron chi connectivity index (χ1n) is 7.77. The van der Waals surface area contributed by atoms with Gasteiger partial charge in [0.2, 0.25) is 5.91 Å². The number of carbonyl (C=O) groups is 3. The van der Waals surface area contributed by atoms with Gasteiger partial charge in [0.25, 0.3) is 5.91 Å². The minimum absolute atomic E-state index is 0.168. The molecule has 138 valence electrons. The van der Waals surface area contributed by atoms with Crippen molar-refractivity contribution in [2.45, 2.75) is 25.9 Å². The second-order valence-electron chi connectivity index (χ2n) is 5.78. The predicted octanol–water partition coefficient (Wildman–Crippen LogP) is 0.665. The number of nitrogens with one attached hydrogen (secondary N) is 2. The highest BCUT2D eigenvalue weighted by molar-refractivity contribution is 5.98. The Labute approximate surface area is 146 Å². The molecule has 2 atom stereocenters. The van der Waals surface area contributed by atoms with Gasteiger partial charge in [-0.05, 0) is 30.2 Å². The first-order chi connectivity index (χ1) is 11.8. The number of hydrogen-bond acceptors (Lipinski definition) is 5. The Kier molecular flexibility index (Phi) is 7.87. The molecule has 2 unspecified atom stereocenters. The molecule has 0 aliphatic rings. The first kappa shape index (κ1) is 20.4. The lowest BCUT2D eigenvalue weighted by atomic mass is 10.0. The van der Waals surface area contributed by atoms with Gasteiger partial charge in [-0.1, -0.05) is 13.8 Å². The van der Waals surface area contributed by atoms with E-state index >= 15 is 0 Å². The standard InChI is InChI=1S/C17H24N2O6/c1-10(2)14(16(21)18-13(9-24-3)17(22)23)19-15(20)11-5-7-12(25-4)8-6-11/h5-8,10,13-14H,9H2,1-4H3,(H,18,21)(H,19,20)(H,22,23). The Morgan fingerprint density at radius 3 is 2.12 bits per heavy atom. The summed E-state index contributed by atoms with van der Waals surface area (Å²) in [6.07, 6.45) is 0. The summed E-state index contributed by atoms with van der Waals surface area (Å²) in [7, 11) is 2.86. The van der Waals surface area contributed by atoms with Crippen LogP contribution in [0.5, 0.6) is 5.75 Å². The molecular formula is C17H24N2O6. The van der Waals surface area contributed by atoms with E-state index in [4.69, 9.17) is 14.6 Å². The maximum Gasteiger partial charge on any atom is 0.328 e. The second kappa shape index (κ2) is 9.63. The van der Waals surface area contributed by atoms with E-state index in [0.29, 0.717) is 11.3 Å². The van der Waals surface area contributed by atoms with Crippen LogP contribution in [0.15, 0.2) is 24.3 Å². The zero-order chi connectivity index (χ0) is 19.0. The van der Waals surface area contributed by atoms with Crippen LogP contribution in [0.1, 0.15) is 24.2 Å². The topological polar surface area (TPSA) is 114 Å². The highest BCUT2D eigenvalue weighted by Gasteiger charge is 2.28. The molecule has 0 heterocycles. The molecule has 0 saturated carbocycles. The van der Waals surface area contributed by atoms with Gasteiger partial charge >= 0.3 is 5.97 Å². The molecule has 1 rings (SSSR count). The Hall–Kier alpha value is -2.61. The van der Waals surface area contributed by atoms with Gasteiger partial charge in [0.15, 0.2) is 6.04 Å². The number of hydrogen-bond donors (Lipinski definition) is 3. The number of carboxylic acid groups (broad SMARTS) is 1. The Morgan fingerprint density at radius 2 is 1.68 bits per heavy atom.